The van der Waals surface area contributed by atoms with Gasteiger partial charge in [0.1, 0.15) is 17.2 Å². The fourth-order valence-corrected chi connectivity index (χ4v) is 2.95. The molecule has 31 heavy (non-hydrogen) atoms. The predicted molar refractivity (Wildman–Crippen MR) is 124 cm³/mol. The van der Waals surface area contributed by atoms with Gasteiger partial charge in [-0.3, -0.25) is 14.9 Å². The summed E-state index contributed by atoms with van der Waals surface area (Å²) in [5.41, 5.74) is 1.47. The van der Waals surface area contributed by atoms with Crippen LogP contribution in [-0.4, -0.2) is 38.3 Å². The number of thiocarbonyl (C=S) groups is 1. The molecule has 0 heterocycles. The molecule has 3 N–H and O–H groups in total. The number of hydrogen-bond acceptors (Lipinski definition) is 6. The minimum atomic E-state index is -0.427. The van der Waals surface area contributed by atoms with E-state index < -0.39 is 5.91 Å². The van der Waals surface area contributed by atoms with Gasteiger partial charge in [-0.05, 0) is 42.9 Å². The number of carbonyl (C=O) groups excluding carboxylic acids is 2. The number of rotatable bonds is 9. The zero-order valence-corrected chi connectivity index (χ0v) is 18.9. The van der Waals surface area contributed by atoms with Crippen LogP contribution in [0, 0.1) is 0 Å². The summed E-state index contributed by atoms with van der Waals surface area (Å²) in [5, 5.41) is 8.48. The van der Waals surface area contributed by atoms with Gasteiger partial charge in [0.05, 0.1) is 32.6 Å². The Bertz CT molecular complexity index is 949. The molecule has 0 spiro atoms. The third kappa shape index (κ3) is 6.85. The lowest BCUT2D eigenvalue weighted by atomic mass is 10.2. The van der Waals surface area contributed by atoms with Crippen molar-refractivity contribution in [3.8, 4) is 17.2 Å². The van der Waals surface area contributed by atoms with Crippen LogP contribution >= 0.6 is 12.2 Å². The van der Waals surface area contributed by atoms with Gasteiger partial charge in [0.25, 0.3) is 5.91 Å². The summed E-state index contributed by atoms with van der Waals surface area (Å²) >= 11 is 5.25. The highest BCUT2D eigenvalue weighted by atomic mass is 32.1. The minimum absolute atomic E-state index is 0.0721. The molecule has 166 valence electrons. The number of anilines is 2. The Labute approximate surface area is 187 Å². The van der Waals surface area contributed by atoms with Crippen molar-refractivity contribution in [2.75, 3.05) is 32.0 Å². The topological polar surface area (TPSA) is 97.9 Å². The van der Waals surface area contributed by atoms with Crippen molar-refractivity contribution in [3.05, 3.63) is 42.0 Å². The molecule has 0 unspecified atom stereocenters. The van der Waals surface area contributed by atoms with E-state index in [9.17, 15) is 9.59 Å². The van der Waals surface area contributed by atoms with Crippen molar-refractivity contribution in [1.82, 2.24) is 5.32 Å². The lowest BCUT2D eigenvalue weighted by Gasteiger charge is -2.15. The first-order valence-electron chi connectivity index (χ1n) is 9.74. The highest BCUT2D eigenvalue weighted by Gasteiger charge is 2.15. The Kier molecular flexibility index (Phi) is 9.08. The third-order valence-electron chi connectivity index (χ3n) is 4.37. The number of nitrogens with one attached hydrogen (secondary N) is 3. The van der Waals surface area contributed by atoms with Crippen LogP contribution in [0.1, 0.15) is 36.5 Å². The first-order chi connectivity index (χ1) is 14.9. The van der Waals surface area contributed by atoms with Gasteiger partial charge >= 0.3 is 0 Å². The van der Waals surface area contributed by atoms with Gasteiger partial charge < -0.3 is 24.8 Å². The van der Waals surface area contributed by atoms with E-state index in [0.29, 0.717) is 40.6 Å². The van der Waals surface area contributed by atoms with Crippen LogP contribution in [0.2, 0.25) is 0 Å². The molecule has 0 fully saturated rings. The standard InChI is InChI=1S/C22H27N3O5S/c1-5-6-7-20(26)24-17-11-8-14(12-19(17)30-4)23-22(31)25-21(27)16-10-9-15(28-2)13-18(16)29-3/h8-13H,5-7H2,1-4H3,(H,24,26)(H2,23,25,27,31). The van der Waals surface area contributed by atoms with Crippen molar-refractivity contribution >= 4 is 40.5 Å². The molecule has 0 bridgehead atoms. The van der Waals surface area contributed by atoms with Crippen LogP contribution < -0.4 is 30.2 Å². The molecule has 0 atom stereocenters. The number of methoxy groups -OCH3 is 3. The zero-order valence-electron chi connectivity index (χ0n) is 18.0. The summed E-state index contributed by atoms with van der Waals surface area (Å²) in [6, 6.07) is 9.99. The van der Waals surface area contributed by atoms with Gasteiger partial charge in [0.15, 0.2) is 5.11 Å². The molecule has 0 aromatic heterocycles. The Morgan fingerprint density at radius 3 is 2.32 bits per heavy atom. The fraction of sp³-hybridized carbons (Fsp3) is 0.318. The van der Waals surface area contributed by atoms with E-state index in [2.05, 4.69) is 16.0 Å². The first kappa shape index (κ1) is 23.9. The summed E-state index contributed by atoms with van der Waals surface area (Å²) in [6.45, 7) is 2.03. The molecule has 2 aromatic rings. The SMILES string of the molecule is CCCCC(=O)Nc1ccc(NC(=S)NC(=O)c2ccc(OC)cc2OC)cc1OC. The van der Waals surface area contributed by atoms with Crippen LogP contribution in [0.3, 0.4) is 0 Å². The minimum Gasteiger partial charge on any atom is -0.497 e. The number of carbonyl (C=O) groups is 2. The Balaban J connectivity index is 2.05. The smallest absolute Gasteiger partial charge is 0.261 e. The zero-order chi connectivity index (χ0) is 22.8. The molecule has 2 aromatic carbocycles. The number of ether oxygens (including phenoxy) is 3. The molecular weight excluding hydrogens is 418 g/mol. The Morgan fingerprint density at radius 1 is 0.935 bits per heavy atom. The summed E-state index contributed by atoms with van der Waals surface area (Å²) in [7, 11) is 4.51. The summed E-state index contributed by atoms with van der Waals surface area (Å²) < 4.78 is 15.8. The molecule has 0 saturated carbocycles. The number of hydrogen-bond donors (Lipinski definition) is 3. The lowest BCUT2D eigenvalue weighted by Crippen LogP contribution is -2.34. The van der Waals surface area contributed by atoms with Gasteiger partial charge in [0, 0.05) is 24.2 Å². The average molecular weight is 446 g/mol. The molecule has 0 aliphatic carbocycles. The first-order valence-corrected chi connectivity index (χ1v) is 10.1. The maximum absolute atomic E-state index is 12.6. The summed E-state index contributed by atoms with van der Waals surface area (Å²) in [4.78, 5) is 24.6. The maximum atomic E-state index is 12.6. The second kappa shape index (κ2) is 11.8. The van der Waals surface area contributed by atoms with E-state index in [1.807, 2.05) is 6.92 Å². The van der Waals surface area contributed by atoms with Crippen molar-refractivity contribution in [2.24, 2.45) is 0 Å². The second-order valence-corrected chi connectivity index (χ2v) is 6.95. The number of unbranched alkanes of at least 4 members (excludes halogenated alkanes) is 1. The van der Waals surface area contributed by atoms with Crippen molar-refractivity contribution in [2.45, 2.75) is 26.2 Å². The summed E-state index contributed by atoms with van der Waals surface area (Å²) in [5.74, 6) is 0.911. The molecule has 9 heteroatoms. The van der Waals surface area contributed by atoms with Crippen molar-refractivity contribution < 1.29 is 23.8 Å². The molecule has 0 radical (unpaired) electrons. The normalized spacial score (nSPS) is 10.1. The molecule has 2 rings (SSSR count). The van der Waals surface area contributed by atoms with Crippen LogP contribution in [0.15, 0.2) is 36.4 Å². The van der Waals surface area contributed by atoms with Crippen molar-refractivity contribution in [3.63, 3.8) is 0 Å². The predicted octanol–water partition coefficient (Wildman–Crippen LogP) is 3.97. The highest BCUT2D eigenvalue weighted by molar-refractivity contribution is 7.80. The van der Waals surface area contributed by atoms with Crippen LogP contribution in [0.5, 0.6) is 17.2 Å². The highest BCUT2D eigenvalue weighted by Crippen LogP contribution is 2.28. The van der Waals surface area contributed by atoms with Gasteiger partial charge in [-0.25, -0.2) is 0 Å². The Hall–Kier alpha value is -3.33. The number of amides is 2. The monoisotopic (exact) mass is 445 g/mol. The van der Waals surface area contributed by atoms with Gasteiger partial charge in [0.2, 0.25) is 5.91 Å². The van der Waals surface area contributed by atoms with E-state index in [1.54, 1.807) is 36.4 Å². The quantitative estimate of drug-likeness (QED) is 0.503. The van der Waals surface area contributed by atoms with E-state index in [1.165, 1.54) is 21.3 Å². The van der Waals surface area contributed by atoms with E-state index in [4.69, 9.17) is 26.4 Å². The fourth-order valence-electron chi connectivity index (χ4n) is 2.74. The van der Waals surface area contributed by atoms with Crippen LogP contribution in [0.4, 0.5) is 11.4 Å². The van der Waals surface area contributed by atoms with Gasteiger partial charge in [-0.2, -0.15) is 0 Å². The lowest BCUT2D eigenvalue weighted by molar-refractivity contribution is -0.116. The van der Waals surface area contributed by atoms with Gasteiger partial charge in [-0.15, -0.1) is 0 Å². The maximum Gasteiger partial charge on any atom is 0.261 e. The third-order valence-corrected chi connectivity index (χ3v) is 4.58. The molecule has 8 nitrogen and oxygen atoms in total. The number of benzene rings is 2. The van der Waals surface area contributed by atoms with Gasteiger partial charge in [-0.1, -0.05) is 13.3 Å². The average Bonchev–Trinajstić information content (AvgIpc) is 2.77. The van der Waals surface area contributed by atoms with E-state index in [0.717, 1.165) is 12.8 Å². The largest absolute Gasteiger partial charge is 0.497 e. The van der Waals surface area contributed by atoms with E-state index in [-0.39, 0.29) is 11.0 Å². The van der Waals surface area contributed by atoms with E-state index >= 15 is 0 Å². The molecule has 0 aliphatic rings. The van der Waals surface area contributed by atoms with Crippen LogP contribution in [-0.2, 0) is 4.79 Å². The van der Waals surface area contributed by atoms with Crippen molar-refractivity contribution in [1.29, 1.82) is 0 Å². The molecular formula is C22H27N3O5S. The molecule has 2 amide bonds. The molecule has 0 saturated heterocycles. The summed E-state index contributed by atoms with van der Waals surface area (Å²) in [6.07, 6.45) is 2.21. The molecule has 0 aliphatic heterocycles. The Morgan fingerprint density at radius 2 is 1.68 bits per heavy atom. The second-order valence-electron chi connectivity index (χ2n) is 6.54. The van der Waals surface area contributed by atoms with Crippen LogP contribution in [0.25, 0.3) is 0 Å².